The molecule has 84 valence electrons. The van der Waals surface area contributed by atoms with Gasteiger partial charge in [-0.15, -0.1) is 5.10 Å². The molecule has 0 amide bonds. The number of nitriles is 1. The van der Waals surface area contributed by atoms with Crippen molar-refractivity contribution in [2.75, 3.05) is 5.75 Å². The molecule has 0 bridgehead atoms. The zero-order chi connectivity index (χ0) is 12.1. The number of allylic oxidation sites excluding steroid dienone is 2. The van der Waals surface area contributed by atoms with E-state index in [1.807, 2.05) is 0 Å². The first kappa shape index (κ1) is 12.2. The minimum atomic E-state index is -0.324. The summed E-state index contributed by atoms with van der Waals surface area (Å²) in [4.78, 5) is 11.6. The highest BCUT2D eigenvalue weighted by molar-refractivity contribution is 7.99. The van der Waals surface area contributed by atoms with E-state index in [0.29, 0.717) is 5.16 Å². The van der Waals surface area contributed by atoms with E-state index >= 15 is 0 Å². The van der Waals surface area contributed by atoms with E-state index in [0.717, 1.165) is 11.8 Å². The zero-order valence-electron chi connectivity index (χ0n) is 8.84. The lowest BCUT2D eigenvalue weighted by Crippen LogP contribution is -2.10. The Balaban J connectivity index is 2.65. The van der Waals surface area contributed by atoms with Gasteiger partial charge in [0.05, 0.1) is 5.75 Å². The molecule has 1 aromatic heterocycles. The van der Waals surface area contributed by atoms with Crippen LogP contribution in [0.3, 0.4) is 0 Å². The summed E-state index contributed by atoms with van der Waals surface area (Å²) < 4.78 is 1.45. The molecule has 0 radical (unpaired) electrons. The molecule has 16 heavy (non-hydrogen) atoms. The Bertz CT molecular complexity index is 467. The average Bonchev–Trinajstić information content (AvgIpc) is 2.61. The Kier molecular flexibility index (Phi) is 4.02. The number of carbonyl (C=O) groups excluding carboxylic acids is 1. The number of aromatic nitrogens is 4. The second kappa shape index (κ2) is 5.27. The highest BCUT2D eigenvalue weighted by Crippen LogP contribution is 2.14. The van der Waals surface area contributed by atoms with Crippen LogP contribution >= 0.6 is 11.8 Å². The van der Waals surface area contributed by atoms with Crippen LogP contribution in [-0.2, 0) is 11.8 Å². The number of Topliss-reactive ketones (excluding diaryl/α,β-unsaturated/α-hetero) is 1. The normalized spacial score (nSPS) is 11.8. The van der Waals surface area contributed by atoms with Crippen molar-refractivity contribution in [3.05, 3.63) is 11.3 Å². The third-order valence-corrected chi connectivity index (χ3v) is 2.71. The van der Waals surface area contributed by atoms with Crippen molar-refractivity contribution in [3.8, 4) is 6.07 Å². The van der Waals surface area contributed by atoms with E-state index in [1.165, 1.54) is 11.6 Å². The first-order chi connectivity index (χ1) is 7.56. The third-order valence-electron chi connectivity index (χ3n) is 1.70. The van der Waals surface area contributed by atoms with Crippen LogP contribution in [0.5, 0.6) is 0 Å². The first-order valence-electron chi connectivity index (χ1n) is 4.31. The predicted molar refractivity (Wildman–Crippen MR) is 57.0 cm³/mol. The lowest BCUT2D eigenvalue weighted by molar-refractivity contribution is -0.112. The van der Waals surface area contributed by atoms with E-state index < -0.39 is 0 Å². The predicted octanol–water partition coefficient (Wildman–Crippen LogP) is -0.372. The van der Waals surface area contributed by atoms with E-state index in [9.17, 15) is 4.79 Å². The molecule has 0 spiro atoms. The van der Waals surface area contributed by atoms with Gasteiger partial charge in [-0.1, -0.05) is 11.8 Å². The highest BCUT2D eigenvalue weighted by Gasteiger charge is 2.13. The monoisotopic (exact) mass is 238 g/mol. The van der Waals surface area contributed by atoms with Crippen molar-refractivity contribution in [1.82, 2.24) is 20.2 Å². The van der Waals surface area contributed by atoms with Crippen molar-refractivity contribution in [2.24, 2.45) is 12.8 Å². The molecule has 0 fully saturated rings. The third kappa shape index (κ3) is 2.80. The van der Waals surface area contributed by atoms with Gasteiger partial charge in [-0.25, -0.2) is 4.68 Å². The topological polar surface area (TPSA) is 110 Å². The molecule has 0 aromatic carbocycles. The summed E-state index contributed by atoms with van der Waals surface area (Å²) in [5, 5.41) is 20.0. The Morgan fingerprint density at radius 3 is 2.81 bits per heavy atom. The quantitative estimate of drug-likeness (QED) is 0.432. The van der Waals surface area contributed by atoms with Gasteiger partial charge in [0.25, 0.3) is 0 Å². The van der Waals surface area contributed by atoms with Crippen LogP contribution in [0.2, 0.25) is 0 Å². The summed E-state index contributed by atoms with van der Waals surface area (Å²) in [6.07, 6.45) is 0. The fourth-order valence-corrected chi connectivity index (χ4v) is 1.64. The summed E-state index contributed by atoms with van der Waals surface area (Å²) in [6, 6.07) is 1.78. The Hall–Kier alpha value is -1.88. The van der Waals surface area contributed by atoms with Gasteiger partial charge in [-0.2, -0.15) is 5.26 Å². The molecule has 1 rings (SSSR count). The Morgan fingerprint density at radius 1 is 1.69 bits per heavy atom. The van der Waals surface area contributed by atoms with Crippen molar-refractivity contribution >= 4 is 17.5 Å². The first-order valence-corrected chi connectivity index (χ1v) is 5.29. The van der Waals surface area contributed by atoms with Gasteiger partial charge in [0, 0.05) is 12.7 Å². The number of aryl methyl sites for hydroxylation is 1. The van der Waals surface area contributed by atoms with Crippen LogP contribution in [-0.4, -0.2) is 31.7 Å². The van der Waals surface area contributed by atoms with Gasteiger partial charge in [-0.05, 0) is 17.4 Å². The molecule has 0 aliphatic carbocycles. The van der Waals surface area contributed by atoms with Crippen LogP contribution < -0.4 is 5.73 Å². The van der Waals surface area contributed by atoms with Gasteiger partial charge in [0.1, 0.15) is 11.6 Å². The van der Waals surface area contributed by atoms with E-state index in [-0.39, 0.29) is 22.8 Å². The summed E-state index contributed by atoms with van der Waals surface area (Å²) in [5.41, 5.74) is 5.62. The number of ketones is 1. The van der Waals surface area contributed by atoms with Crippen molar-refractivity contribution in [2.45, 2.75) is 12.1 Å². The number of rotatable bonds is 4. The van der Waals surface area contributed by atoms with Crippen molar-refractivity contribution in [3.63, 3.8) is 0 Å². The highest BCUT2D eigenvalue weighted by atomic mass is 32.2. The smallest absolute Gasteiger partial charge is 0.209 e. The summed E-state index contributed by atoms with van der Waals surface area (Å²) in [5.74, 6) is -0.235. The SMILES string of the molecule is C/C(N)=C(\C#N)C(=O)CSc1nnnn1C. The number of nitrogens with zero attached hydrogens (tertiary/aromatic N) is 5. The fourth-order valence-electron chi connectivity index (χ4n) is 0.916. The molecule has 0 unspecified atom stereocenters. The molecule has 0 atom stereocenters. The molecule has 1 heterocycles. The molecule has 0 saturated carbocycles. The van der Waals surface area contributed by atoms with Crippen LogP contribution in [0.1, 0.15) is 6.92 Å². The second-order valence-electron chi connectivity index (χ2n) is 2.97. The number of tetrazole rings is 1. The molecule has 1 aromatic rings. The van der Waals surface area contributed by atoms with Gasteiger partial charge in [0.15, 0.2) is 5.78 Å². The lowest BCUT2D eigenvalue weighted by Gasteiger charge is -1.99. The van der Waals surface area contributed by atoms with Crippen LogP contribution in [0.15, 0.2) is 16.4 Å². The number of hydrogen-bond acceptors (Lipinski definition) is 7. The molecule has 0 aliphatic heterocycles. The molecule has 0 saturated heterocycles. The minimum absolute atomic E-state index is 0.0115. The van der Waals surface area contributed by atoms with Gasteiger partial charge in [-0.3, -0.25) is 4.79 Å². The van der Waals surface area contributed by atoms with Gasteiger partial charge >= 0.3 is 0 Å². The maximum Gasteiger partial charge on any atom is 0.209 e. The van der Waals surface area contributed by atoms with E-state index in [2.05, 4.69) is 15.5 Å². The second-order valence-corrected chi connectivity index (χ2v) is 3.91. The Morgan fingerprint density at radius 2 is 2.38 bits per heavy atom. The van der Waals surface area contributed by atoms with E-state index in [4.69, 9.17) is 11.0 Å². The number of thioether (sulfide) groups is 1. The standard InChI is InChI=1S/C8H10N6OS/c1-5(10)6(3-9)7(15)4-16-8-11-12-13-14(8)2/h4,10H2,1-2H3/b6-5-. The largest absolute Gasteiger partial charge is 0.401 e. The molecule has 0 aliphatic rings. The number of nitrogens with two attached hydrogens (primary N) is 1. The molecular weight excluding hydrogens is 228 g/mol. The number of hydrogen-bond donors (Lipinski definition) is 1. The van der Waals surface area contributed by atoms with Crippen LogP contribution in [0, 0.1) is 11.3 Å². The molecule has 8 heteroatoms. The zero-order valence-corrected chi connectivity index (χ0v) is 9.65. The molecule has 7 nitrogen and oxygen atoms in total. The molecule has 2 N–H and O–H groups in total. The Labute approximate surface area is 96.3 Å². The summed E-state index contributed by atoms with van der Waals surface area (Å²) in [7, 11) is 1.67. The van der Waals surface area contributed by atoms with Crippen LogP contribution in [0.4, 0.5) is 0 Å². The van der Waals surface area contributed by atoms with Gasteiger partial charge < -0.3 is 5.73 Å². The fraction of sp³-hybridized carbons (Fsp3) is 0.375. The summed E-state index contributed by atoms with van der Waals surface area (Å²) >= 11 is 1.16. The van der Waals surface area contributed by atoms with Crippen LogP contribution in [0.25, 0.3) is 0 Å². The minimum Gasteiger partial charge on any atom is -0.401 e. The average molecular weight is 238 g/mol. The maximum atomic E-state index is 11.6. The number of carbonyl (C=O) groups is 1. The van der Waals surface area contributed by atoms with Crippen molar-refractivity contribution in [1.29, 1.82) is 5.26 Å². The molecular formula is C8H10N6OS. The van der Waals surface area contributed by atoms with Gasteiger partial charge in [0.2, 0.25) is 5.16 Å². The maximum absolute atomic E-state index is 11.6. The lowest BCUT2D eigenvalue weighted by atomic mass is 10.2. The summed E-state index contributed by atoms with van der Waals surface area (Å²) in [6.45, 7) is 1.52. The van der Waals surface area contributed by atoms with Crippen molar-refractivity contribution < 1.29 is 4.79 Å². The van der Waals surface area contributed by atoms with E-state index in [1.54, 1.807) is 13.1 Å².